The number of nitriles is 1. The fraction of sp³-hybridized carbons (Fsp3) is 0.321. The van der Waals surface area contributed by atoms with E-state index in [4.69, 9.17) is 27.9 Å². The van der Waals surface area contributed by atoms with Crippen molar-refractivity contribution in [2.24, 2.45) is 0 Å². The minimum absolute atomic E-state index is 0.277. The van der Waals surface area contributed by atoms with Crippen molar-refractivity contribution in [2.45, 2.75) is 32.2 Å². The summed E-state index contributed by atoms with van der Waals surface area (Å²) in [5, 5.41) is 10.0. The maximum Gasteiger partial charge on any atom is 0.211 e. The van der Waals surface area contributed by atoms with Crippen molar-refractivity contribution in [3.05, 3.63) is 87.4 Å². The van der Waals surface area contributed by atoms with E-state index in [1.54, 1.807) is 0 Å². The van der Waals surface area contributed by atoms with Gasteiger partial charge >= 0.3 is 0 Å². The van der Waals surface area contributed by atoms with Crippen molar-refractivity contribution in [2.75, 3.05) is 25.3 Å². The molecule has 4 rings (SSSR count). The van der Waals surface area contributed by atoms with E-state index in [0.29, 0.717) is 41.7 Å². The summed E-state index contributed by atoms with van der Waals surface area (Å²) in [6, 6.07) is 20.5. The van der Waals surface area contributed by atoms with Crippen molar-refractivity contribution >= 4 is 33.2 Å². The van der Waals surface area contributed by atoms with E-state index in [0.717, 1.165) is 27.8 Å². The van der Waals surface area contributed by atoms with Gasteiger partial charge in [-0.15, -0.1) is 11.6 Å². The average molecular weight is 544 g/mol. The number of halogens is 2. The van der Waals surface area contributed by atoms with Crippen LogP contribution in [0.5, 0.6) is 5.75 Å². The Labute approximate surface area is 223 Å². The molecule has 0 saturated heterocycles. The Hall–Kier alpha value is -2.56. The van der Waals surface area contributed by atoms with E-state index in [1.807, 2.05) is 24.3 Å². The van der Waals surface area contributed by atoms with E-state index in [2.05, 4.69) is 50.2 Å². The van der Waals surface area contributed by atoms with Crippen LogP contribution in [0, 0.1) is 11.3 Å². The van der Waals surface area contributed by atoms with Crippen LogP contribution in [0.3, 0.4) is 0 Å². The number of rotatable bonds is 7. The first kappa shape index (κ1) is 26.5. The number of sulfonamides is 1. The molecule has 0 unspecified atom stereocenters. The summed E-state index contributed by atoms with van der Waals surface area (Å²) in [5.41, 5.74) is 6.41. The third kappa shape index (κ3) is 5.40. The predicted molar refractivity (Wildman–Crippen MR) is 145 cm³/mol. The molecule has 188 valence electrons. The monoisotopic (exact) mass is 542 g/mol. The van der Waals surface area contributed by atoms with Crippen LogP contribution in [-0.2, 0) is 28.4 Å². The van der Waals surface area contributed by atoms with Gasteiger partial charge in [-0.3, -0.25) is 0 Å². The van der Waals surface area contributed by atoms with Crippen LogP contribution in [0.1, 0.15) is 41.7 Å². The van der Waals surface area contributed by atoms with Gasteiger partial charge in [-0.2, -0.15) is 9.57 Å². The summed E-state index contributed by atoms with van der Waals surface area (Å²) in [4.78, 5) is 0. The Morgan fingerprint density at radius 3 is 2.36 bits per heavy atom. The molecule has 0 atom stereocenters. The Bertz CT molecular complexity index is 1430. The van der Waals surface area contributed by atoms with Gasteiger partial charge < -0.3 is 4.74 Å². The van der Waals surface area contributed by atoms with Crippen LogP contribution in [0.2, 0.25) is 5.02 Å². The average Bonchev–Trinajstić information content (AvgIpc) is 2.86. The van der Waals surface area contributed by atoms with Gasteiger partial charge in [0, 0.05) is 18.5 Å². The molecule has 0 spiro atoms. The Morgan fingerprint density at radius 1 is 1.03 bits per heavy atom. The van der Waals surface area contributed by atoms with Crippen LogP contribution in [0.25, 0.3) is 11.1 Å². The second kappa shape index (κ2) is 10.4. The molecule has 1 aliphatic heterocycles. The van der Waals surface area contributed by atoms with Gasteiger partial charge in [-0.05, 0) is 51.9 Å². The van der Waals surface area contributed by atoms with Crippen molar-refractivity contribution in [3.8, 4) is 22.9 Å². The Balaban J connectivity index is 1.60. The summed E-state index contributed by atoms with van der Waals surface area (Å²) >= 11 is 12.2. The van der Waals surface area contributed by atoms with Crippen molar-refractivity contribution in [1.82, 2.24) is 4.31 Å². The SMILES string of the molecule is CC(C)(c1ccc(-c2ccc3c(c2)CCN(S(C)(=O)=O)C3)cc1)c1cc(Cl)c(OCCCl)c(C#N)c1. The van der Waals surface area contributed by atoms with Gasteiger partial charge in [-0.1, -0.05) is 67.9 Å². The number of hydrogen-bond donors (Lipinski definition) is 0. The third-order valence-electron chi connectivity index (χ3n) is 6.80. The number of benzene rings is 3. The van der Waals surface area contributed by atoms with Crippen LogP contribution >= 0.6 is 23.2 Å². The Morgan fingerprint density at radius 2 is 1.72 bits per heavy atom. The van der Waals surface area contributed by atoms with Crippen molar-refractivity contribution in [1.29, 1.82) is 5.26 Å². The minimum atomic E-state index is -3.19. The van der Waals surface area contributed by atoms with Gasteiger partial charge in [0.1, 0.15) is 12.7 Å². The predicted octanol–water partition coefficient (Wildman–Crippen LogP) is 6.14. The fourth-order valence-electron chi connectivity index (χ4n) is 4.56. The van der Waals surface area contributed by atoms with Crippen molar-refractivity contribution < 1.29 is 13.2 Å². The summed E-state index contributed by atoms with van der Waals surface area (Å²) in [6.45, 7) is 5.40. The van der Waals surface area contributed by atoms with Crippen LogP contribution in [-0.4, -0.2) is 38.0 Å². The van der Waals surface area contributed by atoms with Gasteiger partial charge in [0.2, 0.25) is 10.0 Å². The Kier molecular flexibility index (Phi) is 7.68. The lowest BCUT2D eigenvalue weighted by Gasteiger charge is -2.28. The fourth-order valence-corrected chi connectivity index (χ4v) is 5.71. The maximum absolute atomic E-state index is 11.9. The summed E-state index contributed by atoms with van der Waals surface area (Å²) < 4.78 is 30.9. The van der Waals surface area contributed by atoms with E-state index in [9.17, 15) is 13.7 Å². The lowest BCUT2D eigenvalue weighted by atomic mass is 9.77. The van der Waals surface area contributed by atoms with E-state index >= 15 is 0 Å². The van der Waals surface area contributed by atoms with E-state index in [1.165, 1.54) is 16.1 Å². The third-order valence-corrected chi connectivity index (χ3v) is 8.49. The zero-order valence-electron chi connectivity index (χ0n) is 20.5. The van der Waals surface area contributed by atoms with Gasteiger partial charge in [0.05, 0.1) is 22.7 Å². The van der Waals surface area contributed by atoms with Crippen LogP contribution in [0.4, 0.5) is 0 Å². The molecule has 0 aliphatic carbocycles. The van der Waals surface area contributed by atoms with Gasteiger partial charge in [0.25, 0.3) is 0 Å². The maximum atomic E-state index is 11.9. The minimum Gasteiger partial charge on any atom is -0.489 e. The zero-order valence-corrected chi connectivity index (χ0v) is 22.8. The lowest BCUT2D eigenvalue weighted by Crippen LogP contribution is -2.35. The molecule has 1 aliphatic rings. The molecule has 3 aromatic rings. The molecule has 0 saturated carbocycles. The highest BCUT2D eigenvalue weighted by molar-refractivity contribution is 7.88. The molecular formula is C28H28Cl2N2O3S. The summed E-state index contributed by atoms with van der Waals surface area (Å²) in [5.74, 6) is 0.672. The number of hydrogen-bond acceptors (Lipinski definition) is 4. The first-order chi connectivity index (χ1) is 17.0. The van der Waals surface area contributed by atoms with Crippen LogP contribution < -0.4 is 4.74 Å². The van der Waals surface area contributed by atoms with Crippen molar-refractivity contribution in [3.63, 3.8) is 0 Å². The van der Waals surface area contributed by atoms with Crippen LogP contribution in [0.15, 0.2) is 54.6 Å². The van der Waals surface area contributed by atoms with E-state index in [-0.39, 0.29) is 6.61 Å². The van der Waals surface area contributed by atoms with Gasteiger partial charge in [0.15, 0.2) is 5.75 Å². The lowest BCUT2D eigenvalue weighted by molar-refractivity contribution is 0.341. The van der Waals surface area contributed by atoms with E-state index < -0.39 is 15.4 Å². The highest BCUT2D eigenvalue weighted by atomic mass is 35.5. The molecular weight excluding hydrogens is 515 g/mol. The number of nitrogens with zero attached hydrogens (tertiary/aromatic N) is 2. The zero-order chi connectivity index (χ0) is 26.1. The topological polar surface area (TPSA) is 70.4 Å². The second-order valence-electron chi connectivity index (χ2n) is 9.52. The quantitative estimate of drug-likeness (QED) is 0.336. The highest BCUT2D eigenvalue weighted by Crippen LogP contribution is 2.39. The van der Waals surface area contributed by atoms with Gasteiger partial charge in [-0.25, -0.2) is 8.42 Å². The molecule has 5 nitrogen and oxygen atoms in total. The number of ether oxygens (including phenoxy) is 1. The molecule has 3 aromatic carbocycles. The molecule has 0 amide bonds. The molecule has 0 aromatic heterocycles. The highest BCUT2D eigenvalue weighted by Gasteiger charge is 2.27. The normalized spacial score (nSPS) is 14.2. The molecule has 1 heterocycles. The number of alkyl halides is 1. The molecule has 0 fully saturated rings. The number of fused-ring (bicyclic) bond motifs is 1. The molecule has 8 heteroatoms. The first-order valence-corrected chi connectivity index (χ1v) is 14.4. The smallest absolute Gasteiger partial charge is 0.211 e. The largest absolute Gasteiger partial charge is 0.489 e. The standard InChI is InChI=1S/C28H28Cl2N2O3S/c1-28(2,25-15-23(17-31)27(26(30)16-25)35-13-11-29)24-8-6-19(7-9-24)20-4-5-22-18-32(36(3,33)34)12-10-21(22)14-20/h4-9,14-16H,10-13,18H2,1-3H3. The summed E-state index contributed by atoms with van der Waals surface area (Å²) in [6.07, 6.45) is 1.96. The second-order valence-corrected chi connectivity index (χ2v) is 12.3. The summed E-state index contributed by atoms with van der Waals surface area (Å²) in [7, 11) is -3.19. The molecule has 36 heavy (non-hydrogen) atoms. The molecule has 0 N–H and O–H groups in total. The first-order valence-electron chi connectivity index (χ1n) is 11.7. The molecule has 0 radical (unpaired) electrons. The molecule has 0 bridgehead atoms.